The number of carbonyl (C=O) groups excluding carboxylic acids is 2. The molecule has 7 nitrogen and oxygen atoms in total. The molecule has 1 aliphatic carbocycles. The number of carbonyl (C=O) groups is 3. The van der Waals surface area contributed by atoms with Crippen molar-refractivity contribution >= 4 is 17.9 Å². The Kier molecular flexibility index (Phi) is 5.08. The summed E-state index contributed by atoms with van der Waals surface area (Å²) in [6.07, 6.45) is 2.28. The van der Waals surface area contributed by atoms with E-state index in [0.29, 0.717) is 6.42 Å². The van der Waals surface area contributed by atoms with Gasteiger partial charge in [0, 0.05) is 6.04 Å². The number of hydrogen-bond acceptors (Lipinski definition) is 4. The van der Waals surface area contributed by atoms with E-state index in [2.05, 4.69) is 10.6 Å². The third-order valence-electron chi connectivity index (χ3n) is 2.76. The molecule has 0 saturated heterocycles. The minimum absolute atomic E-state index is 0.122. The summed E-state index contributed by atoms with van der Waals surface area (Å²) in [5.41, 5.74) is 0. The lowest BCUT2D eigenvalue weighted by Crippen LogP contribution is -2.47. The van der Waals surface area contributed by atoms with Crippen molar-refractivity contribution < 1.29 is 19.5 Å². The summed E-state index contributed by atoms with van der Waals surface area (Å²) in [4.78, 5) is 35.1. The Labute approximate surface area is 106 Å². The summed E-state index contributed by atoms with van der Waals surface area (Å²) in [6, 6.07) is -1.06. The SMILES string of the molecule is CCC(C(=O)O)N(C)CC(=O)NC(=O)NC1CC1. The summed E-state index contributed by atoms with van der Waals surface area (Å²) in [7, 11) is 1.54. The number of carboxylic acid groups (broad SMARTS) is 1. The van der Waals surface area contributed by atoms with Gasteiger partial charge in [-0.05, 0) is 26.3 Å². The molecule has 0 bridgehead atoms. The molecule has 1 fully saturated rings. The Morgan fingerprint density at radius 3 is 2.44 bits per heavy atom. The highest BCUT2D eigenvalue weighted by atomic mass is 16.4. The van der Waals surface area contributed by atoms with Gasteiger partial charge in [-0.1, -0.05) is 6.92 Å². The second-order valence-corrected chi connectivity index (χ2v) is 4.47. The number of rotatable bonds is 6. The lowest BCUT2D eigenvalue weighted by Gasteiger charge is -2.22. The molecule has 18 heavy (non-hydrogen) atoms. The number of hydrogen-bond donors (Lipinski definition) is 3. The normalized spacial score (nSPS) is 16.2. The van der Waals surface area contributed by atoms with Crippen LogP contribution >= 0.6 is 0 Å². The fourth-order valence-corrected chi connectivity index (χ4v) is 1.63. The molecule has 102 valence electrons. The van der Waals surface area contributed by atoms with Crippen LogP contribution in [0.2, 0.25) is 0 Å². The maximum atomic E-state index is 11.5. The van der Waals surface area contributed by atoms with Crippen molar-refractivity contribution in [2.75, 3.05) is 13.6 Å². The lowest BCUT2D eigenvalue weighted by molar-refractivity contribution is -0.143. The largest absolute Gasteiger partial charge is 0.480 e. The van der Waals surface area contributed by atoms with Gasteiger partial charge in [0.15, 0.2) is 0 Å². The predicted octanol–water partition coefficient (Wildman–Crippen LogP) is -0.230. The van der Waals surface area contributed by atoms with Crippen molar-refractivity contribution in [3.63, 3.8) is 0 Å². The highest BCUT2D eigenvalue weighted by Crippen LogP contribution is 2.18. The van der Waals surface area contributed by atoms with Gasteiger partial charge in [0.05, 0.1) is 6.54 Å². The van der Waals surface area contributed by atoms with Crippen LogP contribution in [0.1, 0.15) is 26.2 Å². The Balaban J connectivity index is 2.33. The van der Waals surface area contributed by atoms with Crippen LogP contribution in [0.15, 0.2) is 0 Å². The van der Waals surface area contributed by atoms with Crippen LogP contribution in [0, 0.1) is 0 Å². The zero-order valence-electron chi connectivity index (χ0n) is 10.6. The van der Waals surface area contributed by atoms with Crippen LogP contribution in [0.5, 0.6) is 0 Å². The van der Waals surface area contributed by atoms with E-state index < -0.39 is 23.9 Å². The van der Waals surface area contributed by atoms with Crippen LogP contribution in [-0.2, 0) is 9.59 Å². The number of urea groups is 1. The number of imide groups is 1. The van der Waals surface area contributed by atoms with Crippen molar-refractivity contribution in [2.45, 2.75) is 38.3 Å². The Morgan fingerprint density at radius 1 is 1.39 bits per heavy atom. The molecule has 1 atom stereocenters. The summed E-state index contributed by atoms with van der Waals surface area (Å²) in [6.45, 7) is 1.61. The predicted molar refractivity (Wildman–Crippen MR) is 64.0 cm³/mol. The number of likely N-dealkylation sites (N-methyl/N-ethyl adjacent to an activating group) is 1. The molecule has 0 aromatic heterocycles. The maximum absolute atomic E-state index is 11.5. The molecule has 0 spiro atoms. The quantitative estimate of drug-likeness (QED) is 0.610. The fourth-order valence-electron chi connectivity index (χ4n) is 1.63. The average molecular weight is 257 g/mol. The molecule has 0 aromatic carbocycles. The van der Waals surface area contributed by atoms with Gasteiger partial charge in [0.2, 0.25) is 5.91 Å². The van der Waals surface area contributed by atoms with Crippen molar-refractivity contribution in [1.82, 2.24) is 15.5 Å². The monoisotopic (exact) mass is 257 g/mol. The Morgan fingerprint density at radius 2 is 2.00 bits per heavy atom. The summed E-state index contributed by atoms with van der Waals surface area (Å²) < 4.78 is 0. The first kappa shape index (κ1) is 14.4. The van der Waals surface area contributed by atoms with E-state index >= 15 is 0 Å². The summed E-state index contributed by atoms with van der Waals surface area (Å²) >= 11 is 0. The standard InChI is InChI=1S/C11H19N3O4/c1-3-8(10(16)17)14(2)6-9(15)13-11(18)12-7-4-5-7/h7-8H,3-6H2,1-2H3,(H,16,17)(H2,12,13,15,18). The second-order valence-electron chi connectivity index (χ2n) is 4.47. The van der Waals surface area contributed by atoms with Gasteiger partial charge < -0.3 is 10.4 Å². The number of nitrogens with one attached hydrogen (secondary N) is 2. The smallest absolute Gasteiger partial charge is 0.321 e. The molecule has 0 heterocycles. The minimum Gasteiger partial charge on any atom is -0.480 e. The third-order valence-corrected chi connectivity index (χ3v) is 2.76. The molecule has 1 aliphatic rings. The molecular formula is C11H19N3O4. The first-order valence-electron chi connectivity index (χ1n) is 5.97. The molecule has 7 heteroatoms. The molecule has 0 aromatic rings. The second kappa shape index (κ2) is 6.34. The molecule has 3 amide bonds. The van der Waals surface area contributed by atoms with Crippen LogP contribution in [0.25, 0.3) is 0 Å². The van der Waals surface area contributed by atoms with Crippen LogP contribution < -0.4 is 10.6 Å². The van der Waals surface area contributed by atoms with Gasteiger partial charge in [-0.2, -0.15) is 0 Å². The van der Waals surface area contributed by atoms with E-state index in [1.54, 1.807) is 14.0 Å². The zero-order chi connectivity index (χ0) is 13.7. The number of aliphatic carboxylic acids is 1. The van der Waals surface area contributed by atoms with Crippen molar-refractivity contribution in [1.29, 1.82) is 0 Å². The van der Waals surface area contributed by atoms with Gasteiger partial charge in [-0.3, -0.25) is 19.8 Å². The summed E-state index contributed by atoms with van der Waals surface area (Å²) in [5, 5.41) is 13.7. The first-order chi connectivity index (χ1) is 8.43. The van der Waals surface area contributed by atoms with E-state index in [1.807, 2.05) is 0 Å². The third kappa shape index (κ3) is 4.70. The van der Waals surface area contributed by atoms with Crippen molar-refractivity contribution in [3.8, 4) is 0 Å². The van der Waals surface area contributed by atoms with Crippen molar-refractivity contribution in [3.05, 3.63) is 0 Å². The molecule has 0 radical (unpaired) electrons. The van der Waals surface area contributed by atoms with E-state index in [-0.39, 0.29) is 12.6 Å². The van der Waals surface area contributed by atoms with Crippen LogP contribution in [0.4, 0.5) is 4.79 Å². The lowest BCUT2D eigenvalue weighted by atomic mass is 10.2. The minimum atomic E-state index is -0.977. The van der Waals surface area contributed by atoms with Gasteiger partial charge in [-0.15, -0.1) is 0 Å². The van der Waals surface area contributed by atoms with Crippen molar-refractivity contribution in [2.24, 2.45) is 0 Å². The van der Waals surface area contributed by atoms with E-state index in [9.17, 15) is 14.4 Å². The molecule has 3 N–H and O–H groups in total. The van der Waals surface area contributed by atoms with Gasteiger partial charge in [-0.25, -0.2) is 4.79 Å². The molecular weight excluding hydrogens is 238 g/mol. The maximum Gasteiger partial charge on any atom is 0.321 e. The van der Waals surface area contributed by atoms with Gasteiger partial charge >= 0.3 is 12.0 Å². The number of carboxylic acids is 1. The summed E-state index contributed by atoms with van der Waals surface area (Å²) in [5.74, 6) is -1.48. The van der Waals surface area contributed by atoms with Crippen LogP contribution in [-0.4, -0.2) is 53.6 Å². The van der Waals surface area contributed by atoms with E-state index in [1.165, 1.54) is 4.90 Å². The molecule has 0 aliphatic heterocycles. The van der Waals surface area contributed by atoms with E-state index in [4.69, 9.17) is 5.11 Å². The number of nitrogens with zero attached hydrogens (tertiary/aromatic N) is 1. The first-order valence-corrected chi connectivity index (χ1v) is 5.97. The average Bonchev–Trinajstić information content (AvgIpc) is 3.00. The van der Waals surface area contributed by atoms with Gasteiger partial charge in [0.25, 0.3) is 0 Å². The highest BCUT2D eigenvalue weighted by Gasteiger charge is 2.25. The number of amides is 3. The molecule has 1 rings (SSSR count). The fraction of sp³-hybridized carbons (Fsp3) is 0.727. The Bertz CT molecular complexity index is 341. The molecule has 1 saturated carbocycles. The van der Waals surface area contributed by atoms with Crippen LogP contribution in [0.3, 0.4) is 0 Å². The zero-order valence-corrected chi connectivity index (χ0v) is 10.6. The van der Waals surface area contributed by atoms with E-state index in [0.717, 1.165) is 12.8 Å². The Hall–Kier alpha value is -1.63. The molecule has 1 unspecified atom stereocenters. The highest BCUT2D eigenvalue weighted by molar-refractivity contribution is 5.95. The van der Waals surface area contributed by atoms with Gasteiger partial charge in [0.1, 0.15) is 6.04 Å². The topological polar surface area (TPSA) is 98.7 Å².